The minimum atomic E-state index is -1.04. The molecule has 1 aliphatic heterocycles. The van der Waals surface area contributed by atoms with Gasteiger partial charge in [-0.05, 0) is 38.6 Å². The highest BCUT2D eigenvalue weighted by Gasteiger charge is 2.26. The highest BCUT2D eigenvalue weighted by Crippen LogP contribution is 2.28. The van der Waals surface area contributed by atoms with Crippen molar-refractivity contribution in [3.8, 4) is 6.07 Å². The molecule has 0 bridgehead atoms. The number of anilines is 1. The number of hydrogen-bond acceptors (Lipinski definition) is 3. The van der Waals surface area contributed by atoms with Gasteiger partial charge in [0.25, 0.3) is 0 Å². The van der Waals surface area contributed by atoms with Crippen molar-refractivity contribution >= 4 is 5.69 Å². The fraction of sp³-hybridized carbons (Fsp3) is 0.533. The summed E-state index contributed by atoms with van der Waals surface area (Å²) in [6, 6.07) is 4.70. The summed E-state index contributed by atoms with van der Waals surface area (Å²) in [5.41, 5.74) is 0.0230. The minimum Gasteiger partial charge on any atom is -0.365 e. The molecular formula is C15H19F2N3. The molecule has 2 rings (SSSR count). The standard InChI is InChI=1S/C15H19F2N3/c1-3-12-10-19(2)7-4-8-20(12)13-6-5-11(9-18)14(16)15(13)17/h5-6,12H,3-4,7-8,10H2,1-2H3. The van der Waals surface area contributed by atoms with Gasteiger partial charge in [0, 0.05) is 19.1 Å². The van der Waals surface area contributed by atoms with Crippen LogP contribution in [0.5, 0.6) is 0 Å². The number of nitrogens with zero attached hydrogens (tertiary/aromatic N) is 3. The van der Waals surface area contributed by atoms with Crippen LogP contribution >= 0.6 is 0 Å². The number of likely N-dealkylation sites (N-methyl/N-ethyl adjacent to an activating group) is 1. The summed E-state index contributed by atoms with van der Waals surface area (Å²) in [4.78, 5) is 4.15. The van der Waals surface area contributed by atoms with E-state index in [0.717, 1.165) is 25.9 Å². The molecule has 1 aliphatic rings. The lowest BCUT2D eigenvalue weighted by atomic mass is 10.1. The van der Waals surface area contributed by atoms with Crippen molar-refractivity contribution in [2.24, 2.45) is 0 Å². The maximum Gasteiger partial charge on any atom is 0.183 e. The van der Waals surface area contributed by atoms with Crippen molar-refractivity contribution < 1.29 is 8.78 Å². The predicted octanol–water partition coefficient (Wildman–Crippen LogP) is 2.76. The van der Waals surface area contributed by atoms with Crippen LogP contribution in [-0.2, 0) is 0 Å². The fourth-order valence-electron chi connectivity index (χ4n) is 2.76. The van der Waals surface area contributed by atoms with E-state index in [1.165, 1.54) is 12.1 Å². The van der Waals surface area contributed by atoms with Crippen LogP contribution in [-0.4, -0.2) is 37.6 Å². The zero-order valence-electron chi connectivity index (χ0n) is 11.9. The van der Waals surface area contributed by atoms with Crippen LogP contribution in [0.4, 0.5) is 14.5 Å². The number of halogens is 2. The van der Waals surface area contributed by atoms with Crippen molar-refractivity contribution in [1.29, 1.82) is 5.26 Å². The molecule has 1 aromatic carbocycles. The zero-order valence-corrected chi connectivity index (χ0v) is 11.9. The van der Waals surface area contributed by atoms with E-state index in [0.29, 0.717) is 6.54 Å². The second-order valence-corrected chi connectivity index (χ2v) is 5.24. The fourth-order valence-corrected chi connectivity index (χ4v) is 2.76. The lowest BCUT2D eigenvalue weighted by Gasteiger charge is -2.32. The SMILES string of the molecule is CCC1CN(C)CCCN1c1ccc(C#N)c(F)c1F. The normalized spacial score (nSPS) is 20.6. The molecule has 1 unspecified atom stereocenters. The molecule has 1 fully saturated rings. The largest absolute Gasteiger partial charge is 0.365 e. The monoisotopic (exact) mass is 279 g/mol. The Hall–Kier alpha value is -1.67. The Bertz CT molecular complexity index is 525. The quantitative estimate of drug-likeness (QED) is 0.834. The highest BCUT2D eigenvalue weighted by atomic mass is 19.2. The van der Waals surface area contributed by atoms with E-state index in [2.05, 4.69) is 11.8 Å². The lowest BCUT2D eigenvalue weighted by Crippen LogP contribution is -2.40. The minimum absolute atomic E-state index is 0.157. The van der Waals surface area contributed by atoms with E-state index >= 15 is 0 Å². The average molecular weight is 279 g/mol. The first-order chi connectivity index (χ1) is 9.58. The van der Waals surface area contributed by atoms with Crippen molar-refractivity contribution in [2.75, 3.05) is 31.6 Å². The molecule has 5 heteroatoms. The molecule has 1 aromatic rings. The first-order valence-electron chi connectivity index (χ1n) is 6.91. The second kappa shape index (κ2) is 6.19. The molecule has 0 spiro atoms. The van der Waals surface area contributed by atoms with Gasteiger partial charge in [-0.2, -0.15) is 5.26 Å². The highest BCUT2D eigenvalue weighted by molar-refractivity contribution is 5.53. The van der Waals surface area contributed by atoms with Crippen molar-refractivity contribution in [2.45, 2.75) is 25.8 Å². The maximum atomic E-state index is 14.2. The predicted molar refractivity (Wildman–Crippen MR) is 74.6 cm³/mol. The van der Waals surface area contributed by atoms with Gasteiger partial charge in [-0.1, -0.05) is 6.92 Å². The van der Waals surface area contributed by atoms with Gasteiger partial charge in [0.2, 0.25) is 0 Å². The van der Waals surface area contributed by atoms with Gasteiger partial charge < -0.3 is 9.80 Å². The molecule has 0 aliphatic carbocycles. The summed E-state index contributed by atoms with van der Waals surface area (Å²) in [6.45, 7) is 4.53. The topological polar surface area (TPSA) is 30.3 Å². The van der Waals surface area contributed by atoms with E-state index in [9.17, 15) is 8.78 Å². The third-order valence-corrected chi connectivity index (χ3v) is 3.87. The molecule has 0 N–H and O–H groups in total. The van der Waals surface area contributed by atoms with E-state index in [-0.39, 0.29) is 17.3 Å². The third kappa shape index (κ3) is 2.75. The van der Waals surface area contributed by atoms with Crippen LogP contribution in [0.3, 0.4) is 0 Å². The average Bonchev–Trinajstić information content (AvgIpc) is 2.63. The van der Waals surface area contributed by atoms with E-state index in [1.807, 2.05) is 11.9 Å². The van der Waals surface area contributed by atoms with Gasteiger partial charge in [-0.25, -0.2) is 8.78 Å². The molecule has 0 aromatic heterocycles. The van der Waals surface area contributed by atoms with Gasteiger partial charge >= 0.3 is 0 Å². The van der Waals surface area contributed by atoms with Crippen LogP contribution in [0, 0.1) is 23.0 Å². The smallest absolute Gasteiger partial charge is 0.183 e. The molecule has 3 nitrogen and oxygen atoms in total. The number of rotatable bonds is 2. The Morgan fingerprint density at radius 3 is 2.70 bits per heavy atom. The summed E-state index contributed by atoms with van der Waals surface area (Å²) in [5, 5.41) is 8.75. The van der Waals surface area contributed by atoms with E-state index in [4.69, 9.17) is 5.26 Å². The molecule has 1 heterocycles. The number of hydrogen-bond donors (Lipinski definition) is 0. The lowest BCUT2D eigenvalue weighted by molar-refractivity contribution is 0.327. The van der Waals surface area contributed by atoms with Gasteiger partial charge in [0.1, 0.15) is 6.07 Å². The molecule has 20 heavy (non-hydrogen) atoms. The molecular weight excluding hydrogens is 260 g/mol. The number of benzene rings is 1. The Morgan fingerprint density at radius 1 is 1.30 bits per heavy atom. The van der Waals surface area contributed by atoms with Crippen LogP contribution in [0.1, 0.15) is 25.3 Å². The summed E-state index contributed by atoms with van der Waals surface area (Å²) < 4.78 is 28.0. The second-order valence-electron chi connectivity index (χ2n) is 5.24. The van der Waals surface area contributed by atoms with Gasteiger partial charge in [0.15, 0.2) is 11.6 Å². The summed E-state index contributed by atoms with van der Waals surface area (Å²) in [5.74, 6) is -1.95. The van der Waals surface area contributed by atoms with Crippen molar-refractivity contribution in [3.63, 3.8) is 0 Å². The van der Waals surface area contributed by atoms with Crippen LogP contribution < -0.4 is 4.90 Å². The molecule has 0 amide bonds. The molecule has 0 saturated carbocycles. The third-order valence-electron chi connectivity index (χ3n) is 3.87. The maximum absolute atomic E-state index is 14.2. The first-order valence-corrected chi connectivity index (χ1v) is 6.91. The van der Waals surface area contributed by atoms with Crippen LogP contribution in [0.15, 0.2) is 12.1 Å². The summed E-state index contributed by atoms with van der Waals surface area (Å²) in [7, 11) is 2.04. The molecule has 108 valence electrons. The van der Waals surface area contributed by atoms with E-state index in [1.54, 1.807) is 6.07 Å². The van der Waals surface area contributed by atoms with Gasteiger partial charge in [-0.3, -0.25) is 0 Å². The van der Waals surface area contributed by atoms with Gasteiger partial charge in [0.05, 0.1) is 11.3 Å². The number of nitriles is 1. The van der Waals surface area contributed by atoms with E-state index < -0.39 is 11.6 Å². The molecule has 1 atom stereocenters. The molecule has 1 saturated heterocycles. The summed E-state index contributed by atoms with van der Waals surface area (Å²) in [6.07, 6.45) is 1.78. The Labute approximate surface area is 118 Å². The Kier molecular flexibility index (Phi) is 4.56. The summed E-state index contributed by atoms with van der Waals surface area (Å²) >= 11 is 0. The van der Waals surface area contributed by atoms with Crippen LogP contribution in [0.25, 0.3) is 0 Å². The van der Waals surface area contributed by atoms with Crippen LogP contribution in [0.2, 0.25) is 0 Å². The Morgan fingerprint density at radius 2 is 2.05 bits per heavy atom. The van der Waals surface area contributed by atoms with Gasteiger partial charge in [-0.15, -0.1) is 0 Å². The van der Waals surface area contributed by atoms with Crippen molar-refractivity contribution in [3.05, 3.63) is 29.3 Å². The first kappa shape index (κ1) is 14.7. The molecule has 0 radical (unpaired) electrons. The zero-order chi connectivity index (χ0) is 14.7. The van der Waals surface area contributed by atoms with Crippen molar-refractivity contribution in [1.82, 2.24) is 4.90 Å². The Balaban J connectivity index is 2.38.